The van der Waals surface area contributed by atoms with Gasteiger partial charge in [-0.1, -0.05) is 12.1 Å². The van der Waals surface area contributed by atoms with Crippen molar-refractivity contribution in [1.29, 1.82) is 0 Å². The summed E-state index contributed by atoms with van der Waals surface area (Å²) in [7, 11) is 0. The van der Waals surface area contributed by atoms with Gasteiger partial charge in [0.05, 0.1) is 11.6 Å². The zero-order chi connectivity index (χ0) is 15.8. The van der Waals surface area contributed by atoms with Crippen LogP contribution in [0.3, 0.4) is 0 Å². The molecule has 0 spiro atoms. The van der Waals surface area contributed by atoms with E-state index in [1.807, 2.05) is 0 Å². The molecule has 1 atom stereocenters. The molecule has 6 heteroatoms. The molecule has 2 aromatic carbocycles. The molecule has 0 bridgehead atoms. The number of nitrogens with two attached hydrogens (primary N) is 1. The number of rotatable bonds is 2. The maximum atomic E-state index is 13.8. The summed E-state index contributed by atoms with van der Waals surface area (Å²) in [6.07, 6.45) is -4.58. The standard InChI is InChI=1S/C15H12F5N/c1-8-6-9(2-4-12(8)16)14(21)11-7-10(15(18,19)20)3-5-13(11)17/h2-7,14H,21H2,1H3. The summed E-state index contributed by atoms with van der Waals surface area (Å²) in [5, 5.41) is 0. The molecule has 0 radical (unpaired) electrons. The van der Waals surface area contributed by atoms with Gasteiger partial charge in [-0.2, -0.15) is 13.2 Å². The van der Waals surface area contributed by atoms with E-state index in [1.165, 1.54) is 19.1 Å². The lowest BCUT2D eigenvalue weighted by Crippen LogP contribution is -2.16. The van der Waals surface area contributed by atoms with Gasteiger partial charge in [0, 0.05) is 5.56 Å². The van der Waals surface area contributed by atoms with Crippen molar-refractivity contribution in [2.24, 2.45) is 5.73 Å². The van der Waals surface area contributed by atoms with E-state index >= 15 is 0 Å². The van der Waals surface area contributed by atoms with Gasteiger partial charge in [0.25, 0.3) is 0 Å². The van der Waals surface area contributed by atoms with Gasteiger partial charge in [-0.05, 0) is 42.3 Å². The lowest BCUT2D eigenvalue weighted by Gasteiger charge is -2.16. The minimum atomic E-state index is -4.58. The van der Waals surface area contributed by atoms with Gasteiger partial charge in [-0.15, -0.1) is 0 Å². The molecular formula is C15H12F5N. The zero-order valence-corrected chi connectivity index (χ0v) is 11.0. The molecule has 21 heavy (non-hydrogen) atoms. The van der Waals surface area contributed by atoms with E-state index < -0.39 is 29.4 Å². The summed E-state index contributed by atoms with van der Waals surface area (Å²) in [4.78, 5) is 0. The van der Waals surface area contributed by atoms with Gasteiger partial charge in [0.2, 0.25) is 0 Å². The first-order valence-electron chi connectivity index (χ1n) is 6.08. The Hall–Kier alpha value is -1.95. The predicted octanol–water partition coefficient (Wildman–Crippen LogP) is 4.34. The SMILES string of the molecule is Cc1cc(C(N)c2cc(C(F)(F)F)ccc2F)ccc1F. The zero-order valence-electron chi connectivity index (χ0n) is 11.0. The average molecular weight is 301 g/mol. The van der Waals surface area contributed by atoms with Crippen molar-refractivity contribution in [1.82, 2.24) is 0 Å². The highest BCUT2D eigenvalue weighted by Crippen LogP contribution is 2.33. The number of hydrogen-bond donors (Lipinski definition) is 1. The quantitative estimate of drug-likeness (QED) is 0.820. The summed E-state index contributed by atoms with van der Waals surface area (Å²) in [5.41, 5.74) is 5.19. The molecule has 0 fully saturated rings. The Labute approximate surface area is 118 Å². The third-order valence-corrected chi connectivity index (χ3v) is 3.20. The highest BCUT2D eigenvalue weighted by Gasteiger charge is 2.31. The summed E-state index contributed by atoms with van der Waals surface area (Å²) in [6.45, 7) is 1.49. The first-order chi connectivity index (χ1) is 9.70. The number of aryl methyl sites for hydroxylation is 1. The topological polar surface area (TPSA) is 26.0 Å². The maximum absolute atomic E-state index is 13.8. The van der Waals surface area contributed by atoms with Crippen LogP contribution in [0.15, 0.2) is 36.4 Å². The molecule has 0 saturated heterocycles. The van der Waals surface area contributed by atoms with E-state index in [0.29, 0.717) is 17.7 Å². The molecule has 112 valence electrons. The summed E-state index contributed by atoms with van der Waals surface area (Å²) in [5.74, 6) is -1.30. The van der Waals surface area contributed by atoms with Crippen molar-refractivity contribution in [3.8, 4) is 0 Å². The first-order valence-corrected chi connectivity index (χ1v) is 6.08. The monoisotopic (exact) mass is 301 g/mol. The van der Waals surface area contributed by atoms with Crippen LogP contribution in [0, 0.1) is 18.6 Å². The fourth-order valence-corrected chi connectivity index (χ4v) is 2.00. The normalized spacial score (nSPS) is 13.3. The van der Waals surface area contributed by atoms with Gasteiger partial charge in [-0.3, -0.25) is 0 Å². The van der Waals surface area contributed by atoms with Crippen LogP contribution in [0.4, 0.5) is 22.0 Å². The molecule has 0 saturated carbocycles. The predicted molar refractivity (Wildman–Crippen MR) is 68.6 cm³/mol. The number of halogens is 5. The van der Waals surface area contributed by atoms with E-state index in [9.17, 15) is 22.0 Å². The van der Waals surface area contributed by atoms with Crippen LogP contribution in [-0.2, 0) is 6.18 Å². The van der Waals surface area contributed by atoms with E-state index in [1.54, 1.807) is 0 Å². The highest BCUT2D eigenvalue weighted by atomic mass is 19.4. The lowest BCUT2D eigenvalue weighted by molar-refractivity contribution is -0.137. The molecule has 1 unspecified atom stereocenters. The van der Waals surface area contributed by atoms with Crippen molar-refractivity contribution in [3.63, 3.8) is 0 Å². The molecule has 0 aromatic heterocycles. The Morgan fingerprint density at radius 3 is 2.14 bits per heavy atom. The van der Waals surface area contributed by atoms with Gasteiger partial charge in [-0.25, -0.2) is 8.78 Å². The van der Waals surface area contributed by atoms with Crippen LogP contribution >= 0.6 is 0 Å². The summed E-state index contributed by atoms with van der Waals surface area (Å²) >= 11 is 0. The van der Waals surface area contributed by atoms with E-state index in [2.05, 4.69) is 0 Å². The maximum Gasteiger partial charge on any atom is 0.416 e. The third-order valence-electron chi connectivity index (χ3n) is 3.20. The Bertz CT molecular complexity index is 664. The van der Waals surface area contributed by atoms with Crippen molar-refractivity contribution < 1.29 is 22.0 Å². The largest absolute Gasteiger partial charge is 0.416 e. The molecule has 2 N–H and O–H groups in total. The molecule has 0 aliphatic rings. The van der Waals surface area contributed by atoms with Crippen LogP contribution in [0.1, 0.15) is 28.3 Å². The number of benzene rings is 2. The molecule has 0 amide bonds. The smallest absolute Gasteiger partial charge is 0.320 e. The van der Waals surface area contributed by atoms with Crippen LogP contribution in [0.25, 0.3) is 0 Å². The van der Waals surface area contributed by atoms with Crippen LogP contribution in [0.5, 0.6) is 0 Å². The van der Waals surface area contributed by atoms with E-state index in [-0.39, 0.29) is 11.1 Å². The second-order valence-electron chi connectivity index (χ2n) is 4.72. The number of hydrogen-bond acceptors (Lipinski definition) is 1. The molecule has 0 heterocycles. The fraction of sp³-hybridized carbons (Fsp3) is 0.200. The highest BCUT2D eigenvalue weighted by molar-refractivity contribution is 5.37. The fourth-order valence-electron chi connectivity index (χ4n) is 2.00. The van der Waals surface area contributed by atoms with Crippen molar-refractivity contribution in [2.45, 2.75) is 19.1 Å². The minimum Gasteiger partial charge on any atom is -0.320 e. The van der Waals surface area contributed by atoms with Gasteiger partial charge in [0.15, 0.2) is 0 Å². The molecule has 1 nitrogen and oxygen atoms in total. The second kappa shape index (κ2) is 5.44. The van der Waals surface area contributed by atoms with Crippen molar-refractivity contribution in [2.75, 3.05) is 0 Å². The lowest BCUT2D eigenvalue weighted by atomic mass is 9.96. The molecule has 2 aromatic rings. The van der Waals surface area contributed by atoms with Crippen molar-refractivity contribution >= 4 is 0 Å². The molecular weight excluding hydrogens is 289 g/mol. The molecule has 2 rings (SSSR count). The van der Waals surface area contributed by atoms with Crippen LogP contribution in [-0.4, -0.2) is 0 Å². The Balaban J connectivity index is 2.47. The first kappa shape index (κ1) is 15.4. The van der Waals surface area contributed by atoms with E-state index in [0.717, 1.165) is 12.1 Å². The van der Waals surface area contributed by atoms with Gasteiger partial charge < -0.3 is 5.73 Å². The summed E-state index contributed by atoms with van der Waals surface area (Å²) < 4.78 is 65.0. The van der Waals surface area contributed by atoms with E-state index in [4.69, 9.17) is 5.73 Å². The van der Waals surface area contributed by atoms with Crippen molar-refractivity contribution in [3.05, 3.63) is 70.3 Å². The molecule has 0 aliphatic heterocycles. The Morgan fingerprint density at radius 2 is 1.57 bits per heavy atom. The van der Waals surface area contributed by atoms with Crippen LogP contribution in [0.2, 0.25) is 0 Å². The Kier molecular flexibility index (Phi) is 4.00. The minimum absolute atomic E-state index is 0.282. The second-order valence-corrected chi connectivity index (χ2v) is 4.72. The Morgan fingerprint density at radius 1 is 0.952 bits per heavy atom. The third kappa shape index (κ3) is 3.21. The average Bonchev–Trinajstić information content (AvgIpc) is 2.40. The van der Waals surface area contributed by atoms with Crippen LogP contribution < -0.4 is 5.73 Å². The summed E-state index contributed by atoms with van der Waals surface area (Å²) in [6, 6.07) is 4.82. The van der Waals surface area contributed by atoms with Gasteiger partial charge >= 0.3 is 6.18 Å². The molecule has 0 aliphatic carbocycles. The number of alkyl halides is 3. The van der Waals surface area contributed by atoms with Gasteiger partial charge in [0.1, 0.15) is 11.6 Å².